The Morgan fingerprint density at radius 2 is 1.36 bits per heavy atom. The maximum absolute atomic E-state index is 13.1. The molecule has 0 saturated carbocycles. The highest BCUT2D eigenvalue weighted by atomic mass is 32.1. The molecule has 0 unspecified atom stereocenters. The lowest BCUT2D eigenvalue weighted by molar-refractivity contribution is -0.393. The molecule has 1 aliphatic heterocycles. The topological polar surface area (TPSA) is 170 Å². The molecule has 166 valence electrons. The van der Waals surface area contributed by atoms with Gasteiger partial charge in [0.2, 0.25) is 0 Å². The van der Waals surface area contributed by atoms with E-state index >= 15 is 0 Å². The Hall–Kier alpha value is -4.59. The number of hydrogen-bond donors (Lipinski definition) is 0. The maximum atomic E-state index is 13.1. The van der Waals surface area contributed by atoms with Crippen molar-refractivity contribution in [2.45, 2.75) is 0 Å². The van der Waals surface area contributed by atoms with Crippen LogP contribution >= 0.6 is 12.2 Å². The monoisotopic (exact) mass is 469 g/mol. The molecule has 0 radical (unpaired) electrons. The third-order valence-electron chi connectivity index (χ3n) is 5.39. The molecule has 0 N–H and O–H groups in total. The van der Waals surface area contributed by atoms with Gasteiger partial charge in [-0.3, -0.25) is 44.9 Å². The summed E-state index contributed by atoms with van der Waals surface area (Å²) in [6.45, 7) is 0. The predicted octanol–water partition coefficient (Wildman–Crippen LogP) is 3.04. The molecule has 33 heavy (non-hydrogen) atoms. The molecule has 1 saturated heterocycles. The van der Waals surface area contributed by atoms with Gasteiger partial charge in [0.05, 0.1) is 32.0 Å². The lowest BCUT2D eigenvalue weighted by Gasteiger charge is -2.32. The van der Waals surface area contributed by atoms with Crippen LogP contribution in [0.5, 0.6) is 0 Å². The van der Waals surface area contributed by atoms with E-state index in [0.717, 1.165) is 34.1 Å². The number of fused-ring (bicyclic) bond motifs is 3. The summed E-state index contributed by atoms with van der Waals surface area (Å²) < 4.78 is 0. The first kappa shape index (κ1) is 21.6. The summed E-state index contributed by atoms with van der Waals surface area (Å²) in [5.74, 6) is -0.849. The van der Waals surface area contributed by atoms with Gasteiger partial charge in [-0.2, -0.15) is 0 Å². The van der Waals surface area contributed by atoms with Crippen LogP contribution < -0.4 is 0 Å². The van der Waals surface area contributed by atoms with Gasteiger partial charge >= 0.3 is 6.03 Å². The number of non-ortho nitro benzene ring substituents is 2. The van der Waals surface area contributed by atoms with E-state index < -0.39 is 38.1 Å². The highest BCUT2D eigenvalue weighted by Gasteiger charge is 2.43. The first-order chi connectivity index (χ1) is 15.5. The number of nitro groups is 3. The average Bonchev–Trinajstić information content (AvgIpc) is 3.09. The Morgan fingerprint density at radius 3 is 1.94 bits per heavy atom. The molecule has 0 aromatic heterocycles. The van der Waals surface area contributed by atoms with E-state index in [1.165, 1.54) is 20.2 Å². The van der Waals surface area contributed by atoms with Crippen molar-refractivity contribution in [1.82, 2.24) is 9.80 Å². The second-order valence-electron chi connectivity index (χ2n) is 7.15. The highest BCUT2D eigenvalue weighted by molar-refractivity contribution is 7.81. The Labute approximate surface area is 189 Å². The zero-order valence-corrected chi connectivity index (χ0v) is 17.6. The third-order valence-corrected chi connectivity index (χ3v) is 5.87. The molecule has 1 heterocycles. The Kier molecular flexibility index (Phi) is 4.74. The number of carbonyl (C=O) groups is 2. The summed E-state index contributed by atoms with van der Waals surface area (Å²) in [6, 6.07) is 4.61. The summed E-state index contributed by atoms with van der Waals surface area (Å²) in [4.78, 5) is 59.2. The SMILES string of the molecule is CN1C(=O)C(=C2c3cc([N+](=O)[O-])ccc3-c3c2cc([N+](=O)[O-])cc3[N+](=O)[O-])C(=S)N(C)C1=O. The molecule has 3 amide bonds. The van der Waals surface area contributed by atoms with Crippen molar-refractivity contribution in [3.8, 4) is 11.1 Å². The van der Waals surface area contributed by atoms with Gasteiger partial charge in [0, 0.05) is 43.4 Å². The van der Waals surface area contributed by atoms with E-state index in [-0.39, 0.29) is 44.1 Å². The summed E-state index contributed by atoms with van der Waals surface area (Å²) >= 11 is 5.30. The first-order valence-electron chi connectivity index (χ1n) is 9.06. The molecule has 1 aliphatic carbocycles. The average molecular weight is 469 g/mol. The van der Waals surface area contributed by atoms with Crippen molar-refractivity contribution in [2.24, 2.45) is 0 Å². The fourth-order valence-corrected chi connectivity index (χ4v) is 4.13. The summed E-state index contributed by atoms with van der Waals surface area (Å²) in [5.41, 5.74) is -1.78. The summed E-state index contributed by atoms with van der Waals surface area (Å²) in [6.07, 6.45) is 0. The van der Waals surface area contributed by atoms with E-state index in [1.807, 2.05) is 0 Å². The van der Waals surface area contributed by atoms with Crippen LogP contribution in [0.15, 0.2) is 35.9 Å². The smallest absolute Gasteiger partial charge is 0.287 e. The van der Waals surface area contributed by atoms with Gasteiger partial charge in [0.15, 0.2) is 0 Å². The highest BCUT2D eigenvalue weighted by Crippen LogP contribution is 2.52. The van der Waals surface area contributed by atoms with E-state index in [1.54, 1.807) is 0 Å². The zero-order chi connectivity index (χ0) is 24.4. The minimum Gasteiger partial charge on any atom is -0.287 e. The number of urea groups is 1. The van der Waals surface area contributed by atoms with Crippen molar-refractivity contribution in [3.63, 3.8) is 0 Å². The van der Waals surface area contributed by atoms with Gasteiger partial charge in [-0.1, -0.05) is 12.2 Å². The maximum Gasteiger partial charge on any atom is 0.331 e. The van der Waals surface area contributed by atoms with Crippen molar-refractivity contribution in [2.75, 3.05) is 14.1 Å². The molecule has 2 aromatic carbocycles. The first-order valence-corrected chi connectivity index (χ1v) is 9.47. The van der Waals surface area contributed by atoms with Crippen molar-refractivity contribution < 1.29 is 24.4 Å². The van der Waals surface area contributed by atoms with Gasteiger partial charge in [-0.05, 0) is 17.2 Å². The number of benzene rings is 2. The Balaban J connectivity index is 2.20. The van der Waals surface area contributed by atoms with E-state index in [0.29, 0.717) is 0 Å². The van der Waals surface area contributed by atoms with Crippen LogP contribution in [0.3, 0.4) is 0 Å². The quantitative estimate of drug-likeness (QED) is 0.242. The predicted molar refractivity (Wildman–Crippen MR) is 116 cm³/mol. The number of rotatable bonds is 3. The molecule has 0 atom stereocenters. The largest absolute Gasteiger partial charge is 0.331 e. The Morgan fingerprint density at radius 1 is 0.758 bits per heavy atom. The van der Waals surface area contributed by atoms with Gasteiger partial charge in [0.25, 0.3) is 23.0 Å². The van der Waals surface area contributed by atoms with Crippen LogP contribution in [0, 0.1) is 30.3 Å². The molecular weight excluding hydrogens is 458 g/mol. The second-order valence-corrected chi connectivity index (χ2v) is 7.54. The number of amides is 3. The van der Waals surface area contributed by atoms with E-state index in [2.05, 4.69) is 0 Å². The van der Waals surface area contributed by atoms with Gasteiger partial charge in [-0.25, -0.2) is 4.79 Å². The number of thiocarbonyl (C=S) groups is 1. The fourth-order valence-electron chi connectivity index (χ4n) is 3.87. The number of imide groups is 1. The molecule has 2 aliphatic rings. The number of carbonyl (C=O) groups excluding carboxylic acids is 2. The Bertz CT molecular complexity index is 1370. The van der Waals surface area contributed by atoms with Crippen LogP contribution in [-0.4, -0.2) is 55.6 Å². The number of hydrogen-bond acceptors (Lipinski definition) is 9. The lowest BCUT2D eigenvalue weighted by atomic mass is 9.95. The van der Waals surface area contributed by atoms with Crippen molar-refractivity contribution in [1.29, 1.82) is 0 Å². The molecule has 0 spiro atoms. The van der Waals surface area contributed by atoms with Gasteiger partial charge in [-0.15, -0.1) is 0 Å². The zero-order valence-electron chi connectivity index (χ0n) is 16.8. The third kappa shape index (κ3) is 3.03. The van der Waals surface area contributed by atoms with E-state index in [4.69, 9.17) is 12.2 Å². The van der Waals surface area contributed by atoms with Gasteiger partial charge in [0.1, 0.15) is 4.99 Å². The number of nitro benzene ring substituents is 3. The summed E-state index contributed by atoms with van der Waals surface area (Å²) in [5, 5.41) is 34.6. The second kappa shape index (κ2) is 7.23. The minimum absolute atomic E-state index is 0.0456. The van der Waals surface area contributed by atoms with Gasteiger partial charge < -0.3 is 0 Å². The van der Waals surface area contributed by atoms with Crippen LogP contribution in [0.1, 0.15) is 11.1 Å². The molecule has 13 nitrogen and oxygen atoms in total. The van der Waals surface area contributed by atoms with Crippen LogP contribution in [0.2, 0.25) is 0 Å². The molecule has 4 rings (SSSR count). The molecule has 2 aromatic rings. The normalized spacial score (nSPS) is 17.2. The van der Waals surface area contributed by atoms with E-state index in [9.17, 15) is 39.9 Å². The molecule has 14 heteroatoms. The van der Waals surface area contributed by atoms with Crippen LogP contribution in [0.4, 0.5) is 21.9 Å². The molecule has 0 bridgehead atoms. The lowest BCUT2D eigenvalue weighted by Crippen LogP contribution is -2.52. The van der Waals surface area contributed by atoms with Crippen LogP contribution in [0.25, 0.3) is 16.7 Å². The van der Waals surface area contributed by atoms with Crippen molar-refractivity contribution in [3.05, 3.63) is 77.4 Å². The number of likely N-dealkylation sites (N-methyl/N-ethyl adjacent to an activating group) is 2. The fraction of sp³-hybridized carbons (Fsp3) is 0.105. The molecule has 1 fully saturated rings. The minimum atomic E-state index is -0.849. The number of nitrogens with zero attached hydrogens (tertiary/aromatic N) is 5. The van der Waals surface area contributed by atoms with Crippen molar-refractivity contribution >= 4 is 51.8 Å². The standard InChI is InChI=1S/C19H11N5O8S/c1-20-17(25)16(18(33)21(2)19(20)26)15-11-5-8(22(27)28)3-4-10(11)14-12(15)6-9(23(29)30)7-13(14)24(31)32/h3-7H,1-2H3. The van der Waals surface area contributed by atoms with Crippen LogP contribution in [-0.2, 0) is 4.79 Å². The summed E-state index contributed by atoms with van der Waals surface area (Å²) in [7, 11) is 2.51. The molecular formula is C19H11N5O8S.